The van der Waals surface area contributed by atoms with E-state index in [1.165, 1.54) is 0 Å². The highest BCUT2D eigenvalue weighted by Crippen LogP contribution is 2.43. The number of aromatic nitrogens is 3. The van der Waals surface area contributed by atoms with Crippen LogP contribution in [-0.4, -0.2) is 32.0 Å². The van der Waals surface area contributed by atoms with Crippen LogP contribution in [0.2, 0.25) is 0 Å². The third-order valence-electron chi connectivity index (χ3n) is 5.06. The van der Waals surface area contributed by atoms with Crippen LogP contribution in [0.4, 0.5) is 33.5 Å². The van der Waals surface area contributed by atoms with Gasteiger partial charge < -0.3 is 20.6 Å². The predicted molar refractivity (Wildman–Crippen MR) is 97.6 cm³/mol. The number of alkyl halides is 5. The number of aliphatic hydroxyl groups is 1. The zero-order valence-corrected chi connectivity index (χ0v) is 16.4. The first-order valence-corrected chi connectivity index (χ1v) is 9.34. The van der Waals surface area contributed by atoms with Crippen LogP contribution in [0.25, 0.3) is 11.6 Å². The lowest BCUT2D eigenvalue weighted by atomic mass is 9.92. The van der Waals surface area contributed by atoms with Crippen molar-refractivity contribution in [2.24, 2.45) is 0 Å². The molecule has 3 heterocycles. The molecule has 0 unspecified atom stereocenters. The Bertz CT molecular complexity index is 915. The van der Waals surface area contributed by atoms with Crippen LogP contribution < -0.4 is 11.1 Å². The zero-order chi connectivity index (χ0) is 22.3. The van der Waals surface area contributed by atoms with Crippen LogP contribution >= 0.6 is 0 Å². The van der Waals surface area contributed by atoms with Gasteiger partial charge in [0.05, 0.1) is 11.3 Å². The maximum absolute atomic E-state index is 13.6. The number of nitrogens with zero attached hydrogens (tertiary/aromatic N) is 3. The van der Waals surface area contributed by atoms with Crippen LogP contribution in [-0.2, 0) is 5.60 Å². The van der Waals surface area contributed by atoms with Crippen molar-refractivity contribution in [1.29, 1.82) is 0 Å². The second kappa shape index (κ2) is 7.64. The molecule has 12 heteroatoms. The molecule has 0 aromatic carbocycles. The lowest BCUT2D eigenvalue weighted by Gasteiger charge is -2.29. The standard InChI is InChI=1S/C18H22F5N5O2/c1-16(2)6-4-3-5-7-17(29,18(21,22)23)15-28-27-14(30-15)11-10(24)8-9(12(19)20)13(25-11)26-16/h8,12,29H,3-7,24H2,1-2H3,(H,25,26)/t17-/m1/s1. The molecule has 0 radical (unpaired) electrons. The molecule has 4 bridgehead atoms. The Morgan fingerprint density at radius 3 is 2.47 bits per heavy atom. The van der Waals surface area contributed by atoms with Crippen molar-refractivity contribution in [3.63, 3.8) is 0 Å². The second-order valence-corrected chi connectivity index (χ2v) is 8.00. The van der Waals surface area contributed by atoms with Gasteiger partial charge in [-0.2, -0.15) is 13.2 Å². The van der Waals surface area contributed by atoms with Crippen molar-refractivity contribution in [2.75, 3.05) is 11.1 Å². The first-order chi connectivity index (χ1) is 13.8. The SMILES string of the molecule is CC1(C)CCCCC[C@](O)(C(F)(F)F)c2nnc(o2)-c2nc(c(C(F)F)cc2N)N1. The van der Waals surface area contributed by atoms with Crippen molar-refractivity contribution in [3.8, 4) is 11.6 Å². The molecule has 2 aromatic heterocycles. The van der Waals surface area contributed by atoms with Crippen molar-refractivity contribution in [3.05, 3.63) is 17.5 Å². The first-order valence-electron chi connectivity index (χ1n) is 9.34. The fourth-order valence-electron chi connectivity index (χ4n) is 3.35. The van der Waals surface area contributed by atoms with Crippen molar-refractivity contribution in [1.82, 2.24) is 15.2 Å². The fourth-order valence-corrected chi connectivity index (χ4v) is 3.35. The Labute approximate surface area is 168 Å². The normalized spacial score (nSPS) is 22.4. The molecule has 0 fully saturated rings. The van der Waals surface area contributed by atoms with Crippen molar-refractivity contribution in [2.45, 2.75) is 69.7 Å². The summed E-state index contributed by atoms with van der Waals surface area (Å²) in [6, 6.07) is 0.969. The van der Waals surface area contributed by atoms with Gasteiger partial charge in [0.2, 0.25) is 5.60 Å². The number of hydrogen-bond acceptors (Lipinski definition) is 7. The Morgan fingerprint density at radius 2 is 1.83 bits per heavy atom. The topological polar surface area (TPSA) is 110 Å². The molecular formula is C18H22F5N5O2. The van der Waals surface area contributed by atoms with Gasteiger partial charge in [0.1, 0.15) is 5.82 Å². The molecule has 1 aliphatic rings. The van der Waals surface area contributed by atoms with Gasteiger partial charge in [0, 0.05) is 5.54 Å². The molecular weight excluding hydrogens is 413 g/mol. The van der Waals surface area contributed by atoms with Crippen molar-refractivity contribution < 1.29 is 31.5 Å². The Morgan fingerprint density at radius 1 is 1.17 bits per heavy atom. The summed E-state index contributed by atoms with van der Waals surface area (Å²) >= 11 is 0. The van der Waals surface area contributed by atoms with E-state index in [4.69, 9.17) is 10.2 Å². The maximum Gasteiger partial charge on any atom is 0.426 e. The van der Waals surface area contributed by atoms with Gasteiger partial charge >= 0.3 is 6.18 Å². The number of rotatable bonds is 1. The van der Waals surface area contributed by atoms with E-state index < -0.39 is 47.5 Å². The molecule has 2 aromatic rings. The van der Waals surface area contributed by atoms with Crippen LogP contribution in [0, 0.1) is 0 Å². The highest BCUT2D eigenvalue weighted by atomic mass is 19.4. The summed E-state index contributed by atoms with van der Waals surface area (Å²) in [5.74, 6) is -1.73. The molecule has 1 atom stereocenters. The number of fused-ring (bicyclic) bond motifs is 5. The Hall–Kier alpha value is -2.50. The van der Waals surface area contributed by atoms with E-state index in [1.54, 1.807) is 13.8 Å². The van der Waals surface area contributed by atoms with E-state index in [0.717, 1.165) is 6.07 Å². The summed E-state index contributed by atoms with van der Waals surface area (Å²) < 4.78 is 73.0. The third kappa shape index (κ3) is 4.18. The molecule has 1 aliphatic heterocycles. The van der Waals surface area contributed by atoms with Crippen LogP contribution in [0.5, 0.6) is 0 Å². The van der Waals surface area contributed by atoms with Crippen LogP contribution in [0.3, 0.4) is 0 Å². The van der Waals surface area contributed by atoms with E-state index in [-0.39, 0.29) is 23.6 Å². The molecule has 0 saturated carbocycles. The van der Waals surface area contributed by atoms with Gasteiger partial charge in [0.15, 0.2) is 5.69 Å². The minimum absolute atomic E-state index is 0.0395. The average Bonchev–Trinajstić information content (AvgIpc) is 3.10. The van der Waals surface area contributed by atoms with E-state index in [9.17, 15) is 27.1 Å². The number of nitrogen functional groups attached to an aromatic ring is 1. The third-order valence-corrected chi connectivity index (χ3v) is 5.06. The zero-order valence-electron chi connectivity index (χ0n) is 16.4. The molecule has 30 heavy (non-hydrogen) atoms. The summed E-state index contributed by atoms with van der Waals surface area (Å²) in [4.78, 5) is 4.06. The molecule has 4 N–H and O–H groups in total. The Balaban J connectivity index is 2.18. The molecule has 0 amide bonds. The van der Waals surface area contributed by atoms with E-state index >= 15 is 0 Å². The summed E-state index contributed by atoms with van der Waals surface area (Å²) in [7, 11) is 0. The number of pyridine rings is 1. The van der Waals surface area contributed by atoms with Crippen LogP contribution in [0.15, 0.2) is 10.5 Å². The molecule has 7 nitrogen and oxygen atoms in total. The number of halogens is 5. The molecule has 0 saturated heterocycles. The smallest absolute Gasteiger partial charge is 0.416 e. The molecule has 0 aliphatic carbocycles. The summed E-state index contributed by atoms with van der Waals surface area (Å²) in [6.07, 6.45) is -7.23. The van der Waals surface area contributed by atoms with Crippen molar-refractivity contribution >= 4 is 11.5 Å². The molecule has 166 valence electrons. The lowest BCUT2D eigenvalue weighted by molar-refractivity contribution is -0.277. The van der Waals surface area contributed by atoms with Gasteiger partial charge in [-0.05, 0) is 39.2 Å². The highest BCUT2D eigenvalue weighted by Gasteiger charge is 2.58. The van der Waals surface area contributed by atoms with E-state index in [2.05, 4.69) is 20.5 Å². The van der Waals surface area contributed by atoms with E-state index in [0.29, 0.717) is 19.3 Å². The fraction of sp³-hybridized carbons (Fsp3) is 0.611. The number of anilines is 2. The van der Waals surface area contributed by atoms with Gasteiger partial charge in [-0.1, -0.05) is 12.8 Å². The maximum atomic E-state index is 13.6. The number of hydrogen-bond donors (Lipinski definition) is 3. The van der Waals surface area contributed by atoms with Gasteiger partial charge in [-0.25, -0.2) is 13.8 Å². The highest BCUT2D eigenvalue weighted by molar-refractivity contribution is 5.71. The van der Waals surface area contributed by atoms with Crippen LogP contribution in [0.1, 0.15) is 63.8 Å². The summed E-state index contributed by atoms with van der Waals surface area (Å²) in [5.41, 5.74) is 0.792. The Kier molecular flexibility index (Phi) is 5.65. The average molecular weight is 435 g/mol. The molecule has 3 rings (SSSR count). The summed E-state index contributed by atoms with van der Waals surface area (Å²) in [5, 5.41) is 20.2. The minimum atomic E-state index is -5.06. The van der Waals surface area contributed by atoms with Gasteiger partial charge in [-0.15, -0.1) is 10.2 Å². The lowest BCUT2D eigenvalue weighted by Crippen LogP contribution is -2.42. The van der Waals surface area contributed by atoms with E-state index in [1.807, 2.05) is 0 Å². The van der Waals surface area contributed by atoms with Gasteiger partial charge in [0.25, 0.3) is 18.2 Å². The van der Waals surface area contributed by atoms with Gasteiger partial charge in [-0.3, -0.25) is 0 Å². The monoisotopic (exact) mass is 435 g/mol. The minimum Gasteiger partial charge on any atom is -0.416 e. The predicted octanol–water partition coefficient (Wildman–Crippen LogP) is 4.56. The number of nitrogens with two attached hydrogens (primary N) is 1. The summed E-state index contributed by atoms with van der Waals surface area (Å²) in [6.45, 7) is 3.53. The number of nitrogens with one attached hydrogen (secondary N) is 1. The molecule has 0 spiro atoms. The largest absolute Gasteiger partial charge is 0.426 e. The quantitative estimate of drug-likeness (QED) is 0.564. The first kappa shape index (κ1) is 22.2. The second-order valence-electron chi connectivity index (χ2n) is 8.00.